The zero-order valence-electron chi connectivity index (χ0n) is 12.3. The fourth-order valence-corrected chi connectivity index (χ4v) is 2.90. The van der Waals surface area contributed by atoms with Crippen LogP contribution in [-0.4, -0.2) is 37.2 Å². The number of nitrogens with zero attached hydrogens (tertiary/aromatic N) is 1. The van der Waals surface area contributed by atoms with Crippen LogP contribution in [0.15, 0.2) is 18.2 Å². The van der Waals surface area contributed by atoms with Crippen LogP contribution in [0.4, 0.5) is 0 Å². The maximum Gasteiger partial charge on any atom is 0.124 e. The first-order valence-electron chi connectivity index (χ1n) is 7.55. The first-order chi connectivity index (χ1) is 9.66. The fourth-order valence-electron chi connectivity index (χ4n) is 2.66. The van der Waals surface area contributed by atoms with Gasteiger partial charge in [-0.15, -0.1) is 0 Å². The number of piperidine rings is 1. The Kier molecular flexibility index (Phi) is 6.14. The Morgan fingerprint density at radius 2 is 2.05 bits per heavy atom. The summed E-state index contributed by atoms with van der Waals surface area (Å²) < 4.78 is 5.94. The molecular formula is C16H25ClN2O. The summed E-state index contributed by atoms with van der Waals surface area (Å²) in [5.74, 6) is 0.881. The second-order valence-corrected chi connectivity index (χ2v) is 6.06. The molecule has 0 aromatic heterocycles. The highest BCUT2D eigenvalue weighted by Crippen LogP contribution is 2.27. The molecule has 3 nitrogen and oxygen atoms in total. The van der Waals surface area contributed by atoms with Crippen molar-refractivity contribution in [1.29, 1.82) is 0 Å². The van der Waals surface area contributed by atoms with E-state index in [1.807, 2.05) is 25.1 Å². The number of halogens is 1. The topological polar surface area (TPSA) is 38.5 Å². The summed E-state index contributed by atoms with van der Waals surface area (Å²) in [4.78, 5) is 2.47. The third kappa shape index (κ3) is 4.65. The predicted molar refractivity (Wildman–Crippen MR) is 84.6 cm³/mol. The minimum absolute atomic E-state index is 0.0827. The molecule has 1 saturated heterocycles. The van der Waals surface area contributed by atoms with Crippen LogP contribution in [0.25, 0.3) is 0 Å². The van der Waals surface area contributed by atoms with E-state index in [4.69, 9.17) is 22.1 Å². The average molecular weight is 297 g/mol. The maximum absolute atomic E-state index is 6.26. The Labute approximate surface area is 127 Å². The number of nitrogens with two attached hydrogens (primary N) is 1. The first kappa shape index (κ1) is 15.6. The molecule has 1 atom stereocenters. The summed E-state index contributed by atoms with van der Waals surface area (Å²) in [5.41, 5.74) is 6.92. The van der Waals surface area contributed by atoms with Gasteiger partial charge >= 0.3 is 0 Å². The molecule has 1 aromatic rings. The Hall–Kier alpha value is -0.770. The molecule has 1 aromatic carbocycles. The fraction of sp³-hybridized carbons (Fsp3) is 0.625. The van der Waals surface area contributed by atoms with Gasteiger partial charge in [-0.2, -0.15) is 0 Å². The van der Waals surface area contributed by atoms with E-state index in [1.165, 1.54) is 32.4 Å². The third-order valence-electron chi connectivity index (χ3n) is 3.72. The smallest absolute Gasteiger partial charge is 0.124 e. The summed E-state index contributed by atoms with van der Waals surface area (Å²) in [7, 11) is 0. The summed E-state index contributed by atoms with van der Waals surface area (Å²) >= 11 is 6.26. The van der Waals surface area contributed by atoms with E-state index in [1.54, 1.807) is 0 Å². The van der Waals surface area contributed by atoms with Crippen LogP contribution < -0.4 is 10.5 Å². The highest BCUT2D eigenvalue weighted by atomic mass is 35.5. The Morgan fingerprint density at radius 3 is 2.75 bits per heavy atom. The number of rotatable bonds is 6. The van der Waals surface area contributed by atoms with Gasteiger partial charge in [0, 0.05) is 23.2 Å². The minimum Gasteiger partial charge on any atom is -0.492 e. The number of hydrogen-bond donors (Lipinski definition) is 1. The Balaban J connectivity index is 1.89. The van der Waals surface area contributed by atoms with E-state index in [-0.39, 0.29) is 6.04 Å². The molecule has 1 unspecified atom stereocenters. The van der Waals surface area contributed by atoms with E-state index in [2.05, 4.69) is 4.90 Å². The molecule has 0 bridgehead atoms. The highest BCUT2D eigenvalue weighted by molar-refractivity contribution is 6.31. The highest BCUT2D eigenvalue weighted by Gasteiger charge is 2.12. The Morgan fingerprint density at radius 1 is 1.30 bits per heavy atom. The van der Waals surface area contributed by atoms with Crippen LogP contribution in [0.2, 0.25) is 5.02 Å². The average Bonchev–Trinajstić information content (AvgIpc) is 2.43. The van der Waals surface area contributed by atoms with Crippen LogP contribution >= 0.6 is 11.6 Å². The number of hydrogen-bond acceptors (Lipinski definition) is 3. The molecule has 1 aliphatic heterocycles. The van der Waals surface area contributed by atoms with Crippen LogP contribution in [0.1, 0.15) is 31.7 Å². The molecule has 2 N–H and O–H groups in total. The van der Waals surface area contributed by atoms with Gasteiger partial charge in [0.2, 0.25) is 0 Å². The van der Waals surface area contributed by atoms with Crippen molar-refractivity contribution in [3.8, 4) is 5.75 Å². The van der Waals surface area contributed by atoms with Crippen LogP contribution in [0, 0.1) is 0 Å². The van der Waals surface area contributed by atoms with E-state index in [0.29, 0.717) is 6.61 Å². The second kappa shape index (κ2) is 7.87. The number of ether oxygens (including phenoxy) is 1. The lowest BCUT2D eigenvalue weighted by Crippen LogP contribution is -2.33. The molecule has 1 aliphatic rings. The lowest BCUT2D eigenvalue weighted by atomic mass is 10.1. The van der Waals surface area contributed by atoms with Crippen molar-refractivity contribution in [3.63, 3.8) is 0 Å². The van der Waals surface area contributed by atoms with E-state index in [9.17, 15) is 0 Å². The van der Waals surface area contributed by atoms with Crippen molar-refractivity contribution in [1.82, 2.24) is 4.90 Å². The van der Waals surface area contributed by atoms with Crippen LogP contribution in [0.5, 0.6) is 5.75 Å². The van der Waals surface area contributed by atoms with Crippen molar-refractivity contribution in [2.24, 2.45) is 5.73 Å². The summed E-state index contributed by atoms with van der Waals surface area (Å²) in [6, 6.07) is 5.90. The van der Waals surface area contributed by atoms with Gasteiger partial charge in [-0.05, 0) is 51.4 Å². The molecule has 0 aliphatic carbocycles. The summed E-state index contributed by atoms with van der Waals surface area (Å²) in [6.45, 7) is 6.09. The van der Waals surface area contributed by atoms with E-state index in [0.717, 1.165) is 29.3 Å². The molecule has 1 fully saturated rings. The molecule has 20 heavy (non-hydrogen) atoms. The quantitative estimate of drug-likeness (QED) is 0.877. The van der Waals surface area contributed by atoms with Gasteiger partial charge in [-0.1, -0.05) is 24.1 Å². The first-order valence-corrected chi connectivity index (χ1v) is 7.92. The molecule has 0 saturated carbocycles. The molecule has 2 rings (SSSR count). The zero-order chi connectivity index (χ0) is 14.4. The molecule has 0 spiro atoms. The van der Waals surface area contributed by atoms with Crippen LogP contribution in [-0.2, 0) is 6.42 Å². The van der Waals surface area contributed by atoms with Gasteiger partial charge in [0.15, 0.2) is 0 Å². The lowest BCUT2D eigenvalue weighted by Gasteiger charge is -2.26. The summed E-state index contributed by atoms with van der Waals surface area (Å²) in [6.07, 6.45) is 4.74. The van der Waals surface area contributed by atoms with Crippen molar-refractivity contribution in [2.45, 2.75) is 38.6 Å². The molecule has 1 heterocycles. The van der Waals surface area contributed by atoms with Gasteiger partial charge in [0.25, 0.3) is 0 Å². The lowest BCUT2D eigenvalue weighted by molar-refractivity contribution is 0.182. The van der Waals surface area contributed by atoms with Crippen molar-refractivity contribution in [2.75, 3.05) is 26.2 Å². The molecule has 112 valence electrons. The van der Waals surface area contributed by atoms with Crippen molar-refractivity contribution < 1.29 is 4.74 Å². The maximum atomic E-state index is 6.26. The predicted octanol–water partition coefficient (Wildman–Crippen LogP) is 3.09. The van der Waals surface area contributed by atoms with Crippen LogP contribution in [0.3, 0.4) is 0 Å². The Bertz CT molecular complexity index is 417. The summed E-state index contributed by atoms with van der Waals surface area (Å²) in [5, 5.41) is 0.748. The van der Waals surface area contributed by atoms with Gasteiger partial charge in [0.1, 0.15) is 12.4 Å². The largest absolute Gasteiger partial charge is 0.492 e. The van der Waals surface area contributed by atoms with Crippen molar-refractivity contribution >= 4 is 11.6 Å². The molecule has 0 radical (unpaired) electrons. The standard InChI is InChI=1S/C16H25ClN2O/c1-13(18)12-14-15(17)6-5-7-16(14)20-11-10-19-8-3-2-4-9-19/h5-7,13H,2-4,8-12,18H2,1H3. The van der Waals surface area contributed by atoms with Gasteiger partial charge in [-0.25, -0.2) is 0 Å². The molecule has 0 amide bonds. The number of benzene rings is 1. The van der Waals surface area contributed by atoms with Gasteiger partial charge < -0.3 is 10.5 Å². The minimum atomic E-state index is 0.0827. The SMILES string of the molecule is CC(N)Cc1c(Cl)cccc1OCCN1CCCCC1. The van der Waals surface area contributed by atoms with Gasteiger partial charge in [0.05, 0.1) is 0 Å². The third-order valence-corrected chi connectivity index (χ3v) is 4.07. The molecule has 4 heteroatoms. The van der Waals surface area contributed by atoms with Crippen molar-refractivity contribution in [3.05, 3.63) is 28.8 Å². The van der Waals surface area contributed by atoms with Gasteiger partial charge in [-0.3, -0.25) is 4.90 Å². The van der Waals surface area contributed by atoms with E-state index >= 15 is 0 Å². The normalized spacial score (nSPS) is 17.9. The monoisotopic (exact) mass is 296 g/mol. The number of likely N-dealkylation sites (tertiary alicyclic amines) is 1. The zero-order valence-corrected chi connectivity index (χ0v) is 13.0. The van der Waals surface area contributed by atoms with E-state index < -0.39 is 0 Å². The second-order valence-electron chi connectivity index (χ2n) is 5.65. The molecular weight excluding hydrogens is 272 g/mol.